The molecule has 8 nitrogen and oxygen atoms in total. The highest BCUT2D eigenvalue weighted by atomic mass is 32.2. The van der Waals surface area contributed by atoms with Crippen LogP contribution in [0.2, 0.25) is 0 Å². The summed E-state index contributed by atoms with van der Waals surface area (Å²) in [6.07, 6.45) is 0. The van der Waals surface area contributed by atoms with Crippen molar-refractivity contribution in [2.24, 2.45) is 0 Å². The van der Waals surface area contributed by atoms with Crippen molar-refractivity contribution in [1.29, 1.82) is 0 Å². The molecule has 1 aromatic carbocycles. The second kappa shape index (κ2) is 9.78. The van der Waals surface area contributed by atoms with Gasteiger partial charge in [0.1, 0.15) is 5.75 Å². The van der Waals surface area contributed by atoms with Crippen molar-refractivity contribution >= 4 is 21.7 Å². The van der Waals surface area contributed by atoms with Crippen LogP contribution >= 0.6 is 0 Å². The predicted octanol–water partition coefficient (Wildman–Crippen LogP) is 0.520. The van der Waals surface area contributed by atoms with Gasteiger partial charge in [-0.3, -0.25) is 14.5 Å². The van der Waals surface area contributed by atoms with Crippen LogP contribution < -0.4 is 4.74 Å². The number of rotatable bonds is 8. The standard InChI is InChI=1S/C17H22F2N2O6S/c1-20(10-13-2-4-14(5-3-13)27-17(18)19)15(22)12-26-16(23)11-21-6-8-28(24,25)9-7-21/h2-5,17H,6-12H2,1H3. The number of hydrogen-bond donors (Lipinski definition) is 0. The molecular formula is C17H22F2N2O6S. The lowest BCUT2D eigenvalue weighted by atomic mass is 10.2. The fraction of sp³-hybridized carbons (Fsp3) is 0.529. The average molecular weight is 420 g/mol. The highest BCUT2D eigenvalue weighted by Gasteiger charge is 2.23. The molecule has 0 bridgehead atoms. The molecule has 0 aliphatic carbocycles. The van der Waals surface area contributed by atoms with E-state index in [9.17, 15) is 26.8 Å². The Balaban J connectivity index is 1.72. The monoisotopic (exact) mass is 420 g/mol. The van der Waals surface area contributed by atoms with Gasteiger partial charge in [0.25, 0.3) is 5.91 Å². The van der Waals surface area contributed by atoms with Crippen LogP contribution in [0.1, 0.15) is 5.56 Å². The number of sulfone groups is 1. The lowest BCUT2D eigenvalue weighted by Gasteiger charge is -2.25. The van der Waals surface area contributed by atoms with Crippen LogP contribution in [0.15, 0.2) is 24.3 Å². The van der Waals surface area contributed by atoms with Gasteiger partial charge in [0.2, 0.25) is 0 Å². The molecule has 0 unspecified atom stereocenters. The first-order valence-electron chi connectivity index (χ1n) is 8.51. The zero-order valence-electron chi connectivity index (χ0n) is 15.3. The molecule has 28 heavy (non-hydrogen) atoms. The van der Waals surface area contributed by atoms with Crippen molar-refractivity contribution < 1.29 is 36.3 Å². The summed E-state index contributed by atoms with van der Waals surface area (Å²) in [4.78, 5) is 26.9. The highest BCUT2D eigenvalue weighted by Crippen LogP contribution is 2.15. The molecule has 1 aromatic rings. The summed E-state index contributed by atoms with van der Waals surface area (Å²) in [7, 11) is -1.50. The highest BCUT2D eigenvalue weighted by molar-refractivity contribution is 7.91. The molecule has 0 atom stereocenters. The van der Waals surface area contributed by atoms with E-state index in [4.69, 9.17) is 4.74 Å². The third-order valence-electron chi connectivity index (χ3n) is 4.14. The molecule has 1 aliphatic rings. The van der Waals surface area contributed by atoms with Crippen molar-refractivity contribution in [2.75, 3.05) is 44.8 Å². The van der Waals surface area contributed by atoms with Gasteiger partial charge >= 0.3 is 12.6 Å². The Kier molecular flexibility index (Phi) is 7.69. The molecule has 1 amide bonds. The molecule has 1 saturated heterocycles. The fourth-order valence-corrected chi connectivity index (χ4v) is 3.80. The molecule has 0 spiro atoms. The lowest BCUT2D eigenvalue weighted by molar-refractivity contribution is -0.152. The van der Waals surface area contributed by atoms with Crippen LogP contribution in [0.4, 0.5) is 8.78 Å². The largest absolute Gasteiger partial charge is 0.455 e. The van der Waals surface area contributed by atoms with Crippen LogP contribution in [0.25, 0.3) is 0 Å². The Bertz CT molecular complexity index is 771. The van der Waals surface area contributed by atoms with Gasteiger partial charge in [-0.05, 0) is 17.7 Å². The van der Waals surface area contributed by atoms with E-state index < -0.39 is 34.9 Å². The smallest absolute Gasteiger partial charge is 0.387 e. The number of amides is 1. The van der Waals surface area contributed by atoms with E-state index in [2.05, 4.69) is 4.74 Å². The zero-order chi connectivity index (χ0) is 20.7. The number of esters is 1. The molecule has 1 fully saturated rings. The van der Waals surface area contributed by atoms with Gasteiger partial charge in [-0.1, -0.05) is 12.1 Å². The summed E-state index contributed by atoms with van der Waals surface area (Å²) in [6, 6.07) is 5.85. The van der Waals surface area contributed by atoms with Gasteiger partial charge < -0.3 is 14.4 Å². The van der Waals surface area contributed by atoms with Gasteiger partial charge in [0, 0.05) is 26.7 Å². The summed E-state index contributed by atoms with van der Waals surface area (Å²) >= 11 is 0. The summed E-state index contributed by atoms with van der Waals surface area (Å²) in [5.41, 5.74) is 0.693. The zero-order valence-corrected chi connectivity index (χ0v) is 16.2. The van der Waals surface area contributed by atoms with E-state index in [0.717, 1.165) is 0 Å². The van der Waals surface area contributed by atoms with Gasteiger partial charge in [-0.2, -0.15) is 8.78 Å². The minimum absolute atomic E-state index is 0.00307. The molecule has 1 aliphatic heterocycles. The molecule has 0 N–H and O–H groups in total. The topological polar surface area (TPSA) is 93.2 Å². The number of nitrogens with zero attached hydrogens (tertiary/aromatic N) is 2. The van der Waals surface area contributed by atoms with E-state index in [-0.39, 0.29) is 43.4 Å². The number of halogens is 2. The molecule has 156 valence electrons. The maximum Gasteiger partial charge on any atom is 0.387 e. The first kappa shape index (κ1) is 22.0. The Morgan fingerprint density at radius 1 is 1.18 bits per heavy atom. The third-order valence-corrected chi connectivity index (χ3v) is 5.75. The molecule has 0 saturated carbocycles. The number of ether oxygens (including phenoxy) is 2. The van der Waals surface area contributed by atoms with Crippen LogP contribution in [-0.4, -0.2) is 81.5 Å². The first-order valence-corrected chi connectivity index (χ1v) is 10.3. The molecule has 2 rings (SSSR count). The van der Waals surface area contributed by atoms with Gasteiger partial charge in [-0.15, -0.1) is 0 Å². The van der Waals surface area contributed by atoms with Crippen LogP contribution in [0.5, 0.6) is 5.75 Å². The third kappa shape index (κ3) is 7.39. The van der Waals surface area contributed by atoms with Gasteiger partial charge in [-0.25, -0.2) is 8.42 Å². The van der Waals surface area contributed by atoms with Crippen molar-refractivity contribution in [1.82, 2.24) is 9.80 Å². The summed E-state index contributed by atoms with van der Waals surface area (Å²) in [5.74, 6) is -1.00. The van der Waals surface area contributed by atoms with Gasteiger partial charge in [0.05, 0.1) is 18.1 Å². The number of hydrogen-bond acceptors (Lipinski definition) is 7. The maximum absolute atomic E-state index is 12.1. The normalized spacial score (nSPS) is 16.6. The van der Waals surface area contributed by atoms with Crippen LogP contribution in [-0.2, 0) is 30.7 Å². The Morgan fingerprint density at radius 2 is 1.79 bits per heavy atom. The maximum atomic E-state index is 12.1. The van der Waals surface area contributed by atoms with Crippen LogP contribution in [0, 0.1) is 0 Å². The first-order chi connectivity index (χ1) is 13.1. The van der Waals surface area contributed by atoms with Crippen molar-refractivity contribution in [3.05, 3.63) is 29.8 Å². The average Bonchev–Trinajstić information content (AvgIpc) is 2.62. The van der Waals surface area contributed by atoms with E-state index in [1.165, 1.54) is 24.1 Å². The fourth-order valence-electron chi connectivity index (χ4n) is 2.53. The quantitative estimate of drug-likeness (QED) is 0.566. The molecule has 11 heteroatoms. The van der Waals surface area contributed by atoms with E-state index in [1.807, 2.05) is 0 Å². The number of benzene rings is 1. The van der Waals surface area contributed by atoms with Gasteiger partial charge in [0.15, 0.2) is 16.4 Å². The molecule has 0 aromatic heterocycles. The Morgan fingerprint density at radius 3 is 2.36 bits per heavy atom. The van der Waals surface area contributed by atoms with Crippen LogP contribution in [0.3, 0.4) is 0 Å². The predicted molar refractivity (Wildman–Crippen MR) is 95.6 cm³/mol. The number of likely N-dealkylation sites (N-methyl/N-ethyl adjacent to an activating group) is 1. The minimum Gasteiger partial charge on any atom is -0.455 e. The second-order valence-corrected chi connectivity index (χ2v) is 8.66. The number of alkyl halides is 2. The van der Waals surface area contributed by atoms with E-state index >= 15 is 0 Å². The number of carbonyl (C=O) groups excluding carboxylic acids is 2. The van der Waals surface area contributed by atoms with Crippen molar-refractivity contribution in [3.8, 4) is 5.75 Å². The SMILES string of the molecule is CN(Cc1ccc(OC(F)F)cc1)C(=O)COC(=O)CN1CCS(=O)(=O)CC1. The number of carbonyl (C=O) groups is 2. The minimum atomic E-state index is -3.03. The summed E-state index contributed by atoms with van der Waals surface area (Å²) in [6.45, 7) is -2.69. The Hall–Kier alpha value is -2.27. The molecule has 1 heterocycles. The Labute approximate surface area is 161 Å². The van der Waals surface area contributed by atoms with E-state index in [1.54, 1.807) is 17.0 Å². The van der Waals surface area contributed by atoms with E-state index in [0.29, 0.717) is 5.56 Å². The molecule has 0 radical (unpaired) electrons. The lowest BCUT2D eigenvalue weighted by Crippen LogP contribution is -2.43. The summed E-state index contributed by atoms with van der Waals surface area (Å²) in [5, 5.41) is 0. The molecular weight excluding hydrogens is 398 g/mol. The summed E-state index contributed by atoms with van der Waals surface area (Å²) < 4.78 is 56.2. The van der Waals surface area contributed by atoms with Crippen molar-refractivity contribution in [3.63, 3.8) is 0 Å². The second-order valence-electron chi connectivity index (χ2n) is 6.36. The van der Waals surface area contributed by atoms with Crippen molar-refractivity contribution in [2.45, 2.75) is 13.2 Å².